The van der Waals surface area contributed by atoms with Crippen LogP contribution < -0.4 is 0 Å². The van der Waals surface area contributed by atoms with Crippen LogP contribution in [0.3, 0.4) is 0 Å². The Kier molecular flexibility index (Phi) is 5.13. The van der Waals surface area contributed by atoms with Gasteiger partial charge in [0.15, 0.2) is 0 Å². The maximum absolute atomic E-state index is 10.8. The molecule has 0 N–H and O–H groups in total. The quantitative estimate of drug-likeness (QED) is 0.652. The Labute approximate surface area is 93.4 Å². The molecular formula is C13H24O2. The van der Waals surface area contributed by atoms with E-state index in [-0.39, 0.29) is 11.4 Å². The van der Waals surface area contributed by atoms with Crippen LogP contribution in [-0.2, 0) is 9.53 Å². The molecule has 0 radical (unpaired) electrons. The summed E-state index contributed by atoms with van der Waals surface area (Å²) in [6, 6.07) is 0. The van der Waals surface area contributed by atoms with Gasteiger partial charge in [-0.05, 0) is 12.8 Å². The molecule has 0 spiro atoms. The van der Waals surface area contributed by atoms with Crippen LogP contribution in [0.15, 0.2) is 0 Å². The largest absolute Gasteiger partial charge is 0.465 e. The first-order valence-electron chi connectivity index (χ1n) is 6.26. The molecule has 0 unspecified atom stereocenters. The Hall–Kier alpha value is -0.530. The number of hydrogen-bond donors (Lipinski definition) is 0. The molecule has 0 aromatic rings. The van der Waals surface area contributed by atoms with Crippen molar-refractivity contribution in [3.63, 3.8) is 0 Å². The summed E-state index contributed by atoms with van der Waals surface area (Å²) in [6.45, 7) is 4.38. The second-order valence-electron chi connectivity index (χ2n) is 5.21. The number of rotatable bonds is 2. The molecule has 0 saturated heterocycles. The highest BCUT2D eigenvalue weighted by Gasteiger charge is 2.25. The standard InChI is InChI=1S/C13H24O2/c1-12(14)15-11-13(2)9-7-5-3-4-6-8-10-13/h3-11H2,1-2H3. The summed E-state index contributed by atoms with van der Waals surface area (Å²) >= 11 is 0. The van der Waals surface area contributed by atoms with Crippen LogP contribution in [0.5, 0.6) is 0 Å². The molecule has 1 rings (SSSR count). The second-order valence-corrected chi connectivity index (χ2v) is 5.21. The van der Waals surface area contributed by atoms with Crippen LogP contribution in [0, 0.1) is 5.41 Å². The summed E-state index contributed by atoms with van der Waals surface area (Å²) in [5.41, 5.74) is 0.232. The molecule has 15 heavy (non-hydrogen) atoms. The summed E-state index contributed by atoms with van der Waals surface area (Å²) in [7, 11) is 0. The van der Waals surface area contributed by atoms with Gasteiger partial charge in [0.25, 0.3) is 0 Å². The van der Waals surface area contributed by atoms with Gasteiger partial charge in [0.2, 0.25) is 0 Å². The van der Waals surface area contributed by atoms with E-state index in [1.54, 1.807) is 0 Å². The van der Waals surface area contributed by atoms with Crippen molar-refractivity contribution in [2.45, 2.75) is 65.2 Å². The maximum Gasteiger partial charge on any atom is 0.302 e. The minimum absolute atomic E-state index is 0.143. The number of ether oxygens (including phenoxy) is 1. The summed E-state index contributed by atoms with van der Waals surface area (Å²) in [5, 5.41) is 0. The third-order valence-electron chi connectivity index (χ3n) is 3.43. The average molecular weight is 212 g/mol. The van der Waals surface area contributed by atoms with Crippen molar-refractivity contribution in [1.29, 1.82) is 0 Å². The first-order valence-corrected chi connectivity index (χ1v) is 6.26. The molecule has 2 heteroatoms. The van der Waals surface area contributed by atoms with E-state index < -0.39 is 0 Å². The zero-order valence-electron chi connectivity index (χ0n) is 10.2. The van der Waals surface area contributed by atoms with Gasteiger partial charge in [-0.25, -0.2) is 0 Å². The third-order valence-corrected chi connectivity index (χ3v) is 3.43. The van der Waals surface area contributed by atoms with Crippen LogP contribution in [0.4, 0.5) is 0 Å². The number of esters is 1. The molecule has 1 saturated carbocycles. The summed E-state index contributed by atoms with van der Waals surface area (Å²) in [5.74, 6) is -0.143. The van der Waals surface area contributed by atoms with E-state index in [0.29, 0.717) is 6.61 Å². The lowest BCUT2D eigenvalue weighted by Gasteiger charge is -2.28. The van der Waals surface area contributed by atoms with Crippen molar-refractivity contribution in [1.82, 2.24) is 0 Å². The van der Waals surface area contributed by atoms with Crippen LogP contribution >= 0.6 is 0 Å². The molecule has 2 nitrogen and oxygen atoms in total. The molecule has 0 aromatic carbocycles. The Balaban J connectivity index is 2.41. The monoisotopic (exact) mass is 212 g/mol. The molecule has 0 bridgehead atoms. The molecular weight excluding hydrogens is 188 g/mol. The predicted molar refractivity (Wildman–Crippen MR) is 61.7 cm³/mol. The predicted octanol–water partition coefficient (Wildman–Crippen LogP) is 3.69. The number of hydrogen-bond acceptors (Lipinski definition) is 2. The second kappa shape index (κ2) is 6.14. The molecule has 88 valence electrons. The fourth-order valence-electron chi connectivity index (χ4n) is 2.36. The third kappa shape index (κ3) is 5.19. The zero-order chi connectivity index (χ0) is 11.1. The van der Waals surface area contributed by atoms with Crippen molar-refractivity contribution in [2.75, 3.05) is 6.61 Å². The molecule has 0 atom stereocenters. The van der Waals surface area contributed by atoms with Crippen molar-refractivity contribution < 1.29 is 9.53 Å². The Morgan fingerprint density at radius 1 is 1.07 bits per heavy atom. The van der Waals surface area contributed by atoms with Crippen molar-refractivity contribution in [2.24, 2.45) is 5.41 Å². The van der Waals surface area contributed by atoms with Gasteiger partial charge in [0, 0.05) is 12.3 Å². The van der Waals surface area contributed by atoms with E-state index >= 15 is 0 Å². The van der Waals surface area contributed by atoms with Gasteiger partial charge < -0.3 is 4.74 Å². The van der Waals surface area contributed by atoms with Gasteiger partial charge in [0.05, 0.1) is 6.61 Å². The van der Waals surface area contributed by atoms with Crippen LogP contribution in [0.1, 0.15) is 65.2 Å². The molecule has 0 amide bonds. The first kappa shape index (κ1) is 12.5. The van der Waals surface area contributed by atoms with Crippen LogP contribution in [0.25, 0.3) is 0 Å². The topological polar surface area (TPSA) is 26.3 Å². The van der Waals surface area contributed by atoms with Gasteiger partial charge in [-0.3, -0.25) is 4.79 Å². The van der Waals surface area contributed by atoms with E-state index in [2.05, 4.69) is 6.92 Å². The Morgan fingerprint density at radius 2 is 1.53 bits per heavy atom. The van der Waals surface area contributed by atoms with E-state index in [1.807, 2.05) is 0 Å². The van der Waals surface area contributed by atoms with Gasteiger partial charge in [-0.1, -0.05) is 45.4 Å². The highest BCUT2D eigenvalue weighted by molar-refractivity contribution is 5.65. The molecule has 1 aliphatic rings. The van der Waals surface area contributed by atoms with Crippen LogP contribution in [0.2, 0.25) is 0 Å². The van der Waals surface area contributed by atoms with Crippen molar-refractivity contribution in [3.05, 3.63) is 0 Å². The lowest BCUT2D eigenvalue weighted by Crippen LogP contribution is -2.24. The van der Waals surface area contributed by atoms with Gasteiger partial charge in [0.1, 0.15) is 0 Å². The summed E-state index contributed by atoms with van der Waals surface area (Å²) in [6.07, 6.45) is 10.4. The summed E-state index contributed by atoms with van der Waals surface area (Å²) in [4.78, 5) is 10.8. The molecule has 0 heterocycles. The van der Waals surface area contributed by atoms with E-state index in [9.17, 15) is 4.79 Å². The molecule has 1 fully saturated rings. The highest BCUT2D eigenvalue weighted by atomic mass is 16.5. The maximum atomic E-state index is 10.8. The fourth-order valence-corrected chi connectivity index (χ4v) is 2.36. The SMILES string of the molecule is CC(=O)OCC1(C)CCCCCCCC1. The fraction of sp³-hybridized carbons (Fsp3) is 0.923. The minimum Gasteiger partial charge on any atom is -0.465 e. The van der Waals surface area contributed by atoms with Crippen molar-refractivity contribution >= 4 is 5.97 Å². The van der Waals surface area contributed by atoms with E-state index in [1.165, 1.54) is 58.3 Å². The Bertz CT molecular complexity index is 189. The van der Waals surface area contributed by atoms with Gasteiger partial charge in [-0.15, -0.1) is 0 Å². The molecule has 0 aliphatic heterocycles. The number of carbonyl (C=O) groups is 1. The lowest BCUT2D eigenvalue weighted by atomic mass is 9.81. The van der Waals surface area contributed by atoms with Gasteiger partial charge in [-0.2, -0.15) is 0 Å². The lowest BCUT2D eigenvalue weighted by molar-refractivity contribution is -0.144. The Morgan fingerprint density at radius 3 is 2.00 bits per heavy atom. The smallest absolute Gasteiger partial charge is 0.302 e. The highest BCUT2D eigenvalue weighted by Crippen LogP contribution is 2.33. The first-order chi connectivity index (χ1) is 7.12. The number of carbonyl (C=O) groups excluding carboxylic acids is 1. The minimum atomic E-state index is -0.143. The van der Waals surface area contributed by atoms with E-state index in [0.717, 1.165) is 0 Å². The average Bonchev–Trinajstić information content (AvgIpc) is 2.28. The van der Waals surface area contributed by atoms with Crippen LogP contribution in [-0.4, -0.2) is 12.6 Å². The summed E-state index contributed by atoms with van der Waals surface area (Å²) < 4.78 is 5.18. The molecule has 0 aromatic heterocycles. The van der Waals surface area contributed by atoms with Crippen molar-refractivity contribution in [3.8, 4) is 0 Å². The van der Waals surface area contributed by atoms with Gasteiger partial charge >= 0.3 is 5.97 Å². The zero-order valence-corrected chi connectivity index (χ0v) is 10.2. The van der Waals surface area contributed by atoms with E-state index in [4.69, 9.17) is 4.74 Å². The molecule has 1 aliphatic carbocycles. The normalized spacial score (nSPS) is 22.3.